The molecule has 0 fully saturated rings. The van der Waals surface area contributed by atoms with Crippen LogP contribution in [-0.4, -0.2) is 43.2 Å². The highest BCUT2D eigenvalue weighted by Crippen LogP contribution is 2.30. The number of esters is 1. The normalized spacial score (nSPS) is 13.2. The first-order valence-corrected chi connectivity index (χ1v) is 10.3. The number of carbonyl (C=O) groups excluding carboxylic acids is 2. The van der Waals surface area contributed by atoms with Crippen molar-refractivity contribution in [3.05, 3.63) is 65.9 Å². The summed E-state index contributed by atoms with van der Waals surface area (Å²) >= 11 is 0. The molecule has 1 aliphatic rings. The van der Waals surface area contributed by atoms with E-state index in [4.69, 9.17) is 14.2 Å². The first kappa shape index (κ1) is 20.5. The molecule has 2 N–H and O–H groups in total. The minimum Gasteiger partial charge on any atom is -0.490 e. The van der Waals surface area contributed by atoms with Crippen molar-refractivity contribution in [1.29, 1.82) is 0 Å². The van der Waals surface area contributed by atoms with E-state index in [0.29, 0.717) is 37.7 Å². The maximum Gasteiger partial charge on any atom is 0.331 e. The lowest BCUT2D eigenvalue weighted by Gasteiger charge is -2.07. The standard InChI is InChI=1S/C24H24N2O5/c27-23(25-11-10-18-15-26-20-5-2-1-4-19(18)20)16-31-24(28)9-7-17-6-8-21-22(14-17)30-13-3-12-29-21/h1-2,4-9,14-15,26H,3,10-13,16H2,(H,25,27)/b9-7+. The molecule has 160 valence electrons. The van der Waals surface area contributed by atoms with Crippen LogP contribution in [0.25, 0.3) is 17.0 Å². The number of hydrogen-bond donors (Lipinski definition) is 2. The summed E-state index contributed by atoms with van der Waals surface area (Å²) in [5, 5.41) is 3.91. The summed E-state index contributed by atoms with van der Waals surface area (Å²) in [4.78, 5) is 27.1. The van der Waals surface area contributed by atoms with Gasteiger partial charge in [0.2, 0.25) is 0 Å². The number of aromatic nitrogens is 1. The molecule has 0 bridgehead atoms. The van der Waals surface area contributed by atoms with E-state index < -0.39 is 5.97 Å². The molecular weight excluding hydrogens is 396 g/mol. The van der Waals surface area contributed by atoms with Crippen molar-refractivity contribution >= 4 is 28.9 Å². The number of amides is 1. The van der Waals surface area contributed by atoms with Crippen LogP contribution in [0.3, 0.4) is 0 Å². The van der Waals surface area contributed by atoms with Crippen molar-refractivity contribution in [2.75, 3.05) is 26.4 Å². The molecule has 31 heavy (non-hydrogen) atoms. The highest BCUT2D eigenvalue weighted by atomic mass is 16.5. The second kappa shape index (κ2) is 9.84. The number of rotatable bonds is 7. The minimum atomic E-state index is -0.584. The lowest BCUT2D eigenvalue weighted by Crippen LogP contribution is -2.30. The first-order valence-electron chi connectivity index (χ1n) is 10.3. The Morgan fingerprint density at radius 3 is 2.84 bits per heavy atom. The Labute approximate surface area is 180 Å². The smallest absolute Gasteiger partial charge is 0.331 e. The molecule has 0 unspecified atom stereocenters. The average Bonchev–Trinajstić information content (AvgIpc) is 3.05. The zero-order valence-electron chi connectivity index (χ0n) is 17.1. The molecule has 0 atom stereocenters. The Morgan fingerprint density at radius 1 is 1.10 bits per heavy atom. The fourth-order valence-corrected chi connectivity index (χ4v) is 3.36. The number of fused-ring (bicyclic) bond motifs is 2. The fourth-order valence-electron chi connectivity index (χ4n) is 3.36. The zero-order chi connectivity index (χ0) is 21.5. The Bertz CT molecular complexity index is 1100. The van der Waals surface area contributed by atoms with Crippen LogP contribution in [-0.2, 0) is 20.7 Å². The predicted octanol–water partition coefficient (Wildman–Crippen LogP) is 3.24. The van der Waals surface area contributed by atoms with E-state index in [-0.39, 0.29) is 12.5 Å². The molecule has 1 aliphatic heterocycles. The van der Waals surface area contributed by atoms with Gasteiger partial charge in [0.25, 0.3) is 5.91 Å². The van der Waals surface area contributed by atoms with E-state index in [1.54, 1.807) is 6.08 Å². The van der Waals surface area contributed by atoms with Gasteiger partial charge in [-0.1, -0.05) is 24.3 Å². The topological polar surface area (TPSA) is 89.7 Å². The van der Waals surface area contributed by atoms with Gasteiger partial charge in [0, 0.05) is 36.1 Å². The summed E-state index contributed by atoms with van der Waals surface area (Å²) < 4.78 is 16.2. The van der Waals surface area contributed by atoms with Gasteiger partial charge in [-0.15, -0.1) is 0 Å². The van der Waals surface area contributed by atoms with Crippen LogP contribution in [0.15, 0.2) is 54.7 Å². The van der Waals surface area contributed by atoms with Crippen LogP contribution in [0, 0.1) is 0 Å². The molecule has 7 nitrogen and oxygen atoms in total. The summed E-state index contributed by atoms with van der Waals surface area (Å²) in [6.45, 7) is 1.36. The van der Waals surface area contributed by atoms with Gasteiger partial charge >= 0.3 is 5.97 Å². The van der Waals surface area contributed by atoms with Crippen LogP contribution in [0.4, 0.5) is 0 Å². The zero-order valence-corrected chi connectivity index (χ0v) is 17.1. The van der Waals surface area contributed by atoms with Gasteiger partial charge < -0.3 is 24.5 Å². The fraction of sp³-hybridized carbons (Fsp3) is 0.250. The SMILES string of the molecule is O=C(COC(=O)/C=C/c1ccc2c(c1)OCCCO2)NCCc1c[nH]c2ccccc12. The number of H-pyrrole nitrogens is 1. The summed E-state index contributed by atoms with van der Waals surface area (Å²) in [5.41, 5.74) is 2.98. The van der Waals surface area contributed by atoms with E-state index in [9.17, 15) is 9.59 Å². The van der Waals surface area contributed by atoms with E-state index in [2.05, 4.69) is 10.3 Å². The van der Waals surface area contributed by atoms with Gasteiger partial charge in [0.15, 0.2) is 18.1 Å². The van der Waals surface area contributed by atoms with Gasteiger partial charge in [0.05, 0.1) is 13.2 Å². The Hall–Kier alpha value is -3.74. The molecule has 2 aromatic carbocycles. The van der Waals surface area contributed by atoms with Gasteiger partial charge in [-0.25, -0.2) is 4.79 Å². The quantitative estimate of drug-likeness (QED) is 0.452. The van der Waals surface area contributed by atoms with Crippen LogP contribution in [0.1, 0.15) is 17.5 Å². The third kappa shape index (κ3) is 5.45. The highest BCUT2D eigenvalue weighted by molar-refractivity contribution is 5.89. The molecule has 0 radical (unpaired) electrons. The van der Waals surface area contributed by atoms with E-state index in [0.717, 1.165) is 28.5 Å². The maximum atomic E-state index is 12.0. The number of nitrogens with one attached hydrogen (secondary N) is 2. The highest BCUT2D eigenvalue weighted by Gasteiger charge is 2.10. The lowest BCUT2D eigenvalue weighted by atomic mass is 10.1. The first-order chi connectivity index (χ1) is 15.2. The van der Waals surface area contributed by atoms with Gasteiger partial charge in [-0.05, 0) is 41.8 Å². The molecule has 2 heterocycles. The molecule has 7 heteroatoms. The maximum absolute atomic E-state index is 12.0. The number of hydrogen-bond acceptors (Lipinski definition) is 5. The molecule has 1 amide bonds. The second-order valence-corrected chi connectivity index (χ2v) is 7.16. The molecule has 3 aromatic rings. The number of para-hydroxylation sites is 1. The van der Waals surface area contributed by atoms with E-state index in [1.807, 2.05) is 48.7 Å². The number of aromatic amines is 1. The Balaban J connectivity index is 1.20. The monoisotopic (exact) mass is 420 g/mol. The summed E-state index contributed by atoms with van der Waals surface area (Å²) in [6, 6.07) is 13.5. The molecule has 0 aliphatic carbocycles. The van der Waals surface area contributed by atoms with Crippen molar-refractivity contribution in [2.45, 2.75) is 12.8 Å². The van der Waals surface area contributed by atoms with Crippen LogP contribution in [0.2, 0.25) is 0 Å². The molecule has 0 saturated heterocycles. The van der Waals surface area contributed by atoms with Crippen molar-refractivity contribution in [3.63, 3.8) is 0 Å². The average molecular weight is 420 g/mol. The predicted molar refractivity (Wildman–Crippen MR) is 117 cm³/mol. The van der Waals surface area contributed by atoms with Crippen molar-refractivity contribution in [1.82, 2.24) is 10.3 Å². The van der Waals surface area contributed by atoms with Gasteiger partial charge in [0.1, 0.15) is 0 Å². The van der Waals surface area contributed by atoms with Crippen molar-refractivity contribution in [2.24, 2.45) is 0 Å². The van der Waals surface area contributed by atoms with Crippen molar-refractivity contribution < 1.29 is 23.8 Å². The Kier molecular flexibility index (Phi) is 6.52. The van der Waals surface area contributed by atoms with Gasteiger partial charge in [-0.2, -0.15) is 0 Å². The van der Waals surface area contributed by atoms with Gasteiger partial charge in [-0.3, -0.25) is 4.79 Å². The number of ether oxygens (including phenoxy) is 3. The molecular formula is C24H24N2O5. The third-order valence-corrected chi connectivity index (χ3v) is 4.92. The third-order valence-electron chi connectivity index (χ3n) is 4.92. The number of carbonyl (C=O) groups is 2. The van der Waals surface area contributed by atoms with E-state index >= 15 is 0 Å². The van der Waals surface area contributed by atoms with Crippen LogP contribution >= 0.6 is 0 Å². The molecule has 1 aromatic heterocycles. The Morgan fingerprint density at radius 2 is 1.94 bits per heavy atom. The number of benzene rings is 2. The van der Waals surface area contributed by atoms with Crippen molar-refractivity contribution in [3.8, 4) is 11.5 Å². The lowest BCUT2D eigenvalue weighted by molar-refractivity contribution is -0.143. The summed E-state index contributed by atoms with van der Waals surface area (Å²) in [7, 11) is 0. The van der Waals surface area contributed by atoms with Crippen LogP contribution < -0.4 is 14.8 Å². The molecule has 0 saturated carbocycles. The van der Waals surface area contributed by atoms with Crippen LogP contribution in [0.5, 0.6) is 11.5 Å². The molecule has 4 rings (SSSR count). The largest absolute Gasteiger partial charge is 0.490 e. The van der Waals surface area contributed by atoms with E-state index in [1.165, 1.54) is 6.08 Å². The minimum absolute atomic E-state index is 0.321. The summed E-state index contributed by atoms with van der Waals surface area (Å²) in [5.74, 6) is 0.431. The molecule has 0 spiro atoms. The summed E-state index contributed by atoms with van der Waals surface area (Å²) in [6.07, 6.45) is 6.37. The second-order valence-electron chi connectivity index (χ2n) is 7.16.